The van der Waals surface area contributed by atoms with Crippen molar-refractivity contribution in [2.45, 2.75) is 6.92 Å². The average Bonchev–Trinajstić information content (AvgIpc) is 3.79. The maximum absolute atomic E-state index is 4.93. The van der Waals surface area contributed by atoms with E-state index in [0.29, 0.717) is 17.5 Å². The van der Waals surface area contributed by atoms with Crippen LogP contribution in [0.15, 0.2) is 194 Å². The van der Waals surface area contributed by atoms with E-state index in [2.05, 4.69) is 150 Å². The minimum absolute atomic E-state index is 0.647. The second-order valence-electron chi connectivity index (χ2n) is 14.5. The monoisotopic (exact) mass is 729 g/mol. The number of hydrogen-bond donors (Lipinski definition) is 0. The van der Waals surface area contributed by atoms with Crippen molar-refractivity contribution in [1.82, 2.24) is 24.1 Å². The molecular weight excluding hydrogens is 695 g/mol. The van der Waals surface area contributed by atoms with Gasteiger partial charge in [-0.2, -0.15) is 0 Å². The van der Waals surface area contributed by atoms with Crippen molar-refractivity contribution >= 4 is 43.6 Å². The fraction of sp³-hybridized carbons (Fsp3) is 0.0192. The molecule has 57 heavy (non-hydrogen) atoms. The Morgan fingerprint density at radius 1 is 0.316 bits per heavy atom. The van der Waals surface area contributed by atoms with Gasteiger partial charge in [0, 0.05) is 49.6 Å². The molecular formula is C52H35N5. The Morgan fingerprint density at radius 2 is 0.702 bits per heavy atom. The lowest BCUT2D eigenvalue weighted by Gasteiger charge is -2.13. The first-order valence-electron chi connectivity index (χ1n) is 19.3. The summed E-state index contributed by atoms with van der Waals surface area (Å²) >= 11 is 0. The molecule has 0 saturated carbocycles. The third-order valence-corrected chi connectivity index (χ3v) is 11.1. The Bertz CT molecular complexity index is 3180. The van der Waals surface area contributed by atoms with Crippen molar-refractivity contribution in [2.75, 3.05) is 0 Å². The van der Waals surface area contributed by atoms with Crippen LogP contribution in [0.1, 0.15) is 5.56 Å². The van der Waals surface area contributed by atoms with Crippen molar-refractivity contribution in [1.29, 1.82) is 0 Å². The van der Waals surface area contributed by atoms with Crippen LogP contribution in [0, 0.1) is 6.92 Å². The Morgan fingerprint density at radius 3 is 1.21 bits per heavy atom. The molecule has 0 aliphatic heterocycles. The first-order chi connectivity index (χ1) is 28.2. The zero-order valence-electron chi connectivity index (χ0n) is 31.2. The van der Waals surface area contributed by atoms with Crippen molar-refractivity contribution in [3.63, 3.8) is 0 Å². The molecule has 0 spiro atoms. The predicted octanol–water partition coefficient (Wildman–Crippen LogP) is 13.0. The van der Waals surface area contributed by atoms with Crippen molar-refractivity contribution in [2.24, 2.45) is 0 Å². The third-order valence-electron chi connectivity index (χ3n) is 11.1. The summed E-state index contributed by atoms with van der Waals surface area (Å²) < 4.78 is 4.79. The molecule has 0 amide bonds. The van der Waals surface area contributed by atoms with Crippen molar-refractivity contribution in [3.05, 3.63) is 200 Å². The summed E-state index contributed by atoms with van der Waals surface area (Å²) in [5, 5.41) is 4.99. The highest BCUT2D eigenvalue weighted by Gasteiger charge is 2.18. The third kappa shape index (κ3) is 5.51. The van der Waals surface area contributed by atoms with Gasteiger partial charge in [0.25, 0.3) is 0 Å². The number of fused-ring (bicyclic) bond motifs is 6. The Hall–Kier alpha value is -7.63. The number of nitrogens with zero attached hydrogens (tertiary/aromatic N) is 5. The second-order valence-corrected chi connectivity index (χ2v) is 14.5. The quantitative estimate of drug-likeness (QED) is 0.171. The number of benzene rings is 8. The molecule has 0 saturated heterocycles. The molecule has 11 aromatic rings. The topological polar surface area (TPSA) is 48.5 Å². The van der Waals surface area contributed by atoms with Gasteiger partial charge in [-0.25, -0.2) is 15.0 Å². The van der Waals surface area contributed by atoms with Gasteiger partial charge in [0.15, 0.2) is 17.5 Å². The van der Waals surface area contributed by atoms with Gasteiger partial charge in [0.2, 0.25) is 0 Å². The maximum atomic E-state index is 4.93. The number of aromatic nitrogens is 5. The largest absolute Gasteiger partial charge is 0.309 e. The van der Waals surface area contributed by atoms with Gasteiger partial charge in [0.05, 0.1) is 22.1 Å². The highest BCUT2D eigenvalue weighted by atomic mass is 15.0. The second kappa shape index (κ2) is 13.3. The number of hydrogen-bond acceptors (Lipinski definition) is 3. The smallest absolute Gasteiger partial charge is 0.164 e. The average molecular weight is 730 g/mol. The molecule has 0 atom stereocenters. The Kier molecular flexibility index (Phi) is 7.64. The molecule has 0 aliphatic carbocycles. The standard InChI is InChI=1S/C52H35N5/c1-34-32-39(28-30-41(34)35-24-26-38(27-25-35)52-54-50(36-14-4-2-5-15-36)53-51(55-52)37-16-6-3-7-17-37)56-48-23-13-10-20-44(48)45-33-40(29-31-49(45)56)57-46-21-11-8-18-42(46)43-19-9-12-22-47(43)57/h2-33H,1H3. The summed E-state index contributed by atoms with van der Waals surface area (Å²) in [7, 11) is 0. The first kappa shape index (κ1) is 32.8. The summed E-state index contributed by atoms with van der Waals surface area (Å²) in [6.45, 7) is 2.20. The van der Waals surface area contributed by atoms with E-state index in [0.717, 1.165) is 33.6 Å². The van der Waals surface area contributed by atoms with Gasteiger partial charge in [0.1, 0.15) is 0 Å². The van der Waals surface area contributed by atoms with E-state index in [1.165, 1.54) is 54.7 Å². The van der Waals surface area contributed by atoms with Gasteiger partial charge >= 0.3 is 0 Å². The number of aryl methyl sites for hydroxylation is 1. The molecule has 0 fully saturated rings. The molecule has 11 rings (SSSR count). The van der Waals surface area contributed by atoms with E-state index in [1.54, 1.807) is 0 Å². The van der Waals surface area contributed by atoms with E-state index in [4.69, 9.17) is 15.0 Å². The summed E-state index contributed by atoms with van der Waals surface area (Å²) in [6.07, 6.45) is 0. The van der Waals surface area contributed by atoms with Crippen LogP contribution < -0.4 is 0 Å². The molecule has 0 N–H and O–H groups in total. The highest BCUT2D eigenvalue weighted by molar-refractivity contribution is 6.12. The van der Waals surface area contributed by atoms with Gasteiger partial charge in [-0.1, -0.05) is 146 Å². The van der Waals surface area contributed by atoms with Crippen LogP contribution in [-0.2, 0) is 0 Å². The van der Waals surface area contributed by atoms with Crippen molar-refractivity contribution < 1.29 is 0 Å². The molecule has 0 unspecified atom stereocenters. The van der Waals surface area contributed by atoms with Gasteiger partial charge in [-0.3, -0.25) is 0 Å². The maximum Gasteiger partial charge on any atom is 0.164 e. The molecule has 3 heterocycles. The van der Waals surface area contributed by atoms with Gasteiger partial charge < -0.3 is 9.13 Å². The molecule has 5 heteroatoms. The van der Waals surface area contributed by atoms with Crippen LogP contribution in [0.5, 0.6) is 0 Å². The molecule has 0 aliphatic rings. The van der Waals surface area contributed by atoms with Crippen LogP contribution in [0.25, 0.3) is 100 Å². The minimum Gasteiger partial charge on any atom is -0.309 e. The summed E-state index contributed by atoms with van der Waals surface area (Å²) in [6, 6.07) is 68.6. The molecule has 3 aromatic heterocycles. The van der Waals surface area contributed by atoms with E-state index in [9.17, 15) is 0 Å². The van der Waals surface area contributed by atoms with Crippen LogP contribution in [0.4, 0.5) is 0 Å². The first-order valence-corrected chi connectivity index (χ1v) is 19.3. The summed E-state index contributed by atoms with van der Waals surface area (Å²) in [5.74, 6) is 1.96. The van der Waals surface area contributed by atoms with Crippen LogP contribution >= 0.6 is 0 Å². The Labute approximate surface area is 329 Å². The van der Waals surface area contributed by atoms with Crippen LogP contribution in [0.3, 0.4) is 0 Å². The lowest BCUT2D eigenvalue weighted by Crippen LogP contribution is -2.00. The summed E-state index contributed by atoms with van der Waals surface area (Å²) in [4.78, 5) is 14.7. The lowest BCUT2D eigenvalue weighted by atomic mass is 9.98. The van der Waals surface area contributed by atoms with Crippen LogP contribution in [-0.4, -0.2) is 24.1 Å². The zero-order chi connectivity index (χ0) is 37.9. The zero-order valence-corrected chi connectivity index (χ0v) is 31.2. The lowest BCUT2D eigenvalue weighted by molar-refractivity contribution is 1.07. The fourth-order valence-electron chi connectivity index (χ4n) is 8.43. The molecule has 0 radical (unpaired) electrons. The normalized spacial score (nSPS) is 11.6. The predicted molar refractivity (Wildman–Crippen MR) is 235 cm³/mol. The van der Waals surface area contributed by atoms with E-state index in [1.807, 2.05) is 60.7 Å². The van der Waals surface area contributed by atoms with Crippen LogP contribution in [0.2, 0.25) is 0 Å². The molecule has 0 bridgehead atoms. The Balaban J connectivity index is 0.971. The molecule has 8 aromatic carbocycles. The van der Waals surface area contributed by atoms with Gasteiger partial charge in [-0.05, 0) is 72.1 Å². The number of para-hydroxylation sites is 3. The SMILES string of the molecule is Cc1cc(-n2c3ccccc3c3cc(-n4c5ccccc5c5ccccc54)ccc32)ccc1-c1ccc(-c2nc(-c3ccccc3)nc(-c3ccccc3)n2)cc1. The van der Waals surface area contributed by atoms with E-state index >= 15 is 0 Å². The molecule has 268 valence electrons. The summed E-state index contributed by atoms with van der Waals surface area (Å²) in [5.41, 5.74) is 13.5. The van der Waals surface area contributed by atoms with E-state index in [-0.39, 0.29) is 0 Å². The number of rotatable bonds is 6. The fourth-order valence-corrected chi connectivity index (χ4v) is 8.43. The minimum atomic E-state index is 0.647. The van der Waals surface area contributed by atoms with E-state index < -0.39 is 0 Å². The van der Waals surface area contributed by atoms with Crippen molar-refractivity contribution in [3.8, 4) is 56.7 Å². The molecule has 5 nitrogen and oxygen atoms in total. The van der Waals surface area contributed by atoms with Gasteiger partial charge in [-0.15, -0.1) is 0 Å². The highest BCUT2D eigenvalue weighted by Crippen LogP contribution is 2.38.